The molecule has 0 aliphatic heterocycles. The van der Waals surface area contributed by atoms with Crippen molar-refractivity contribution < 1.29 is 14.1 Å². The lowest BCUT2D eigenvalue weighted by Crippen LogP contribution is -2.03. The van der Waals surface area contributed by atoms with Crippen LogP contribution in [0.3, 0.4) is 0 Å². The molecule has 0 aliphatic rings. The summed E-state index contributed by atoms with van der Waals surface area (Å²) in [7, 11) is 0. The van der Waals surface area contributed by atoms with Crippen LogP contribution in [0.15, 0.2) is 24.5 Å². The topological polar surface area (TPSA) is 104 Å². The van der Waals surface area contributed by atoms with Gasteiger partial charge in [-0.15, -0.1) is 0 Å². The van der Waals surface area contributed by atoms with E-state index in [1.165, 1.54) is 6.33 Å². The van der Waals surface area contributed by atoms with Crippen LogP contribution in [0.2, 0.25) is 0 Å². The Morgan fingerprint density at radius 3 is 2.85 bits per heavy atom. The van der Waals surface area contributed by atoms with E-state index in [-0.39, 0.29) is 23.1 Å². The number of hydrogen-bond donors (Lipinski definition) is 1. The molecular formula is C12H11FN4O3. The van der Waals surface area contributed by atoms with Crippen LogP contribution in [0.1, 0.15) is 12.5 Å². The Hall–Kier alpha value is -2.77. The van der Waals surface area contributed by atoms with Crippen LogP contribution in [0.4, 0.5) is 15.9 Å². The number of anilines is 1. The minimum absolute atomic E-state index is 0.0775. The van der Waals surface area contributed by atoms with Crippen molar-refractivity contribution in [2.75, 3.05) is 5.73 Å². The van der Waals surface area contributed by atoms with Gasteiger partial charge in [0.05, 0.1) is 10.5 Å². The van der Waals surface area contributed by atoms with Gasteiger partial charge in [-0.2, -0.15) is 0 Å². The molecule has 1 aromatic carbocycles. The highest BCUT2D eigenvalue weighted by Gasteiger charge is 2.19. The van der Waals surface area contributed by atoms with Crippen LogP contribution in [0, 0.1) is 15.9 Å². The third-order valence-electron chi connectivity index (χ3n) is 2.62. The fourth-order valence-electron chi connectivity index (χ4n) is 1.65. The van der Waals surface area contributed by atoms with Gasteiger partial charge in [-0.25, -0.2) is 14.4 Å². The van der Waals surface area contributed by atoms with Gasteiger partial charge in [-0.3, -0.25) is 10.1 Å². The van der Waals surface area contributed by atoms with Crippen molar-refractivity contribution in [2.24, 2.45) is 0 Å². The van der Waals surface area contributed by atoms with Crippen molar-refractivity contribution in [3.8, 4) is 11.6 Å². The van der Waals surface area contributed by atoms with Crippen LogP contribution in [-0.2, 0) is 6.42 Å². The third kappa shape index (κ3) is 2.63. The van der Waals surface area contributed by atoms with Crippen molar-refractivity contribution in [1.82, 2.24) is 9.97 Å². The summed E-state index contributed by atoms with van der Waals surface area (Å²) in [6.45, 7) is 1.81. The van der Waals surface area contributed by atoms with Gasteiger partial charge in [-0.05, 0) is 12.5 Å². The Kier molecular flexibility index (Phi) is 3.74. The fourth-order valence-corrected chi connectivity index (χ4v) is 1.65. The van der Waals surface area contributed by atoms with E-state index in [0.29, 0.717) is 12.0 Å². The average Bonchev–Trinajstić information content (AvgIpc) is 2.38. The third-order valence-corrected chi connectivity index (χ3v) is 2.62. The van der Waals surface area contributed by atoms with Crippen LogP contribution in [-0.4, -0.2) is 14.9 Å². The lowest BCUT2D eigenvalue weighted by molar-refractivity contribution is -0.385. The highest BCUT2D eigenvalue weighted by molar-refractivity contribution is 5.51. The summed E-state index contributed by atoms with van der Waals surface area (Å²) in [5, 5.41) is 10.9. The molecule has 1 heterocycles. The number of aromatic nitrogens is 2. The quantitative estimate of drug-likeness (QED) is 0.680. The molecule has 1 aromatic heterocycles. The molecule has 7 nitrogen and oxygen atoms in total. The second-order valence-electron chi connectivity index (χ2n) is 3.87. The maximum Gasteiger partial charge on any atom is 0.311 e. The molecule has 8 heteroatoms. The molecule has 0 fully saturated rings. The number of benzene rings is 1. The second kappa shape index (κ2) is 5.47. The first kappa shape index (κ1) is 13.7. The number of nitrogens with zero attached hydrogens (tertiary/aromatic N) is 3. The van der Waals surface area contributed by atoms with Crippen molar-refractivity contribution in [1.29, 1.82) is 0 Å². The number of nitro benzene ring substituents is 1. The normalized spacial score (nSPS) is 10.3. The molecule has 0 saturated heterocycles. The number of hydrogen-bond acceptors (Lipinski definition) is 6. The molecule has 2 aromatic rings. The predicted molar refractivity (Wildman–Crippen MR) is 69.0 cm³/mol. The first-order chi connectivity index (χ1) is 9.52. The largest absolute Gasteiger partial charge is 0.431 e. The summed E-state index contributed by atoms with van der Waals surface area (Å²) < 4.78 is 18.6. The summed E-state index contributed by atoms with van der Waals surface area (Å²) in [4.78, 5) is 17.9. The molecule has 0 atom stereocenters. The zero-order valence-electron chi connectivity index (χ0n) is 10.5. The monoisotopic (exact) mass is 278 g/mol. The van der Waals surface area contributed by atoms with E-state index in [9.17, 15) is 14.5 Å². The Bertz CT molecular complexity index is 663. The Morgan fingerprint density at radius 2 is 2.20 bits per heavy atom. The van der Waals surface area contributed by atoms with E-state index in [1.807, 2.05) is 6.92 Å². The number of nitrogen functional groups attached to an aromatic ring is 1. The fraction of sp³-hybridized carbons (Fsp3) is 0.167. The maximum atomic E-state index is 13.2. The smallest absolute Gasteiger partial charge is 0.311 e. The molecule has 20 heavy (non-hydrogen) atoms. The number of nitro groups is 1. The van der Waals surface area contributed by atoms with Gasteiger partial charge in [-0.1, -0.05) is 6.92 Å². The molecule has 0 saturated carbocycles. The molecule has 0 radical (unpaired) electrons. The second-order valence-corrected chi connectivity index (χ2v) is 3.87. The van der Waals surface area contributed by atoms with Gasteiger partial charge >= 0.3 is 5.69 Å². The standard InChI is InChI=1S/C12H11FN4O3/c1-2-8-11(14)15-6-16-12(8)20-10-5-7(13)3-4-9(10)17(18)19/h3-6H,2H2,1H3,(H2,14,15,16). The summed E-state index contributed by atoms with van der Waals surface area (Å²) in [6.07, 6.45) is 1.65. The molecule has 2 N–H and O–H groups in total. The van der Waals surface area contributed by atoms with Crippen molar-refractivity contribution in [3.05, 3.63) is 46.0 Å². The molecule has 0 aliphatic carbocycles. The lowest BCUT2D eigenvalue weighted by Gasteiger charge is -2.10. The van der Waals surface area contributed by atoms with Crippen molar-refractivity contribution >= 4 is 11.5 Å². The first-order valence-corrected chi connectivity index (χ1v) is 5.74. The zero-order valence-corrected chi connectivity index (χ0v) is 10.5. The minimum Gasteiger partial charge on any atom is -0.431 e. The number of nitrogens with two attached hydrogens (primary N) is 1. The number of halogens is 1. The van der Waals surface area contributed by atoms with E-state index in [2.05, 4.69) is 9.97 Å². The maximum absolute atomic E-state index is 13.2. The van der Waals surface area contributed by atoms with Gasteiger partial charge in [0.1, 0.15) is 18.0 Å². The summed E-state index contributed by atoms with van der Waals surface area (Å²) in [5.74, 6) is -0.585. The average molecular weight is 278 g/mol. The SMILES string of the molecule is CCc1c(N)ncnc1Oc1cc(F)ccc1[N+](=O)[O-]. The van der Waals surface area contributed by atoms with E-state index in [0.717, 1.165) is 18.2 Å². The predicted octanol–water partition coefficient (Wildman–Crippen LogP) is 2.46. The lowest BCUT2D eigenvalue weighted by atomic mass is 10.2. The highest BCUT2D eigenvalue weighted by atomic mass is 19.1. The number of ether oxygens (including phenoxy) is 1. The Labute approximate surface area is 113 Å². The van der Waals surface area contributed by atoms with Gasteiger partial charge < -0.3 is 10.5 Å². The van der Waals surface area contributed by atoms with E-state index < -0.39 is 10.7 Å². The van der Waals surface area contributed by atoms with Crippen molar-refractivity contribution in [2.45, 2.75) is 13.3 Å². The molecule has 0 spiro atoms. The Balaban J connectivity index is 2.47. The van der Waals surface area contributed by atoms with Gasteiger partial charge in [0.15, 0.2) is 0 Å². The van der Waals surface area contributed by atoms with Crippen LogP contribution in [0.25, 0.3) is 0 Å². The molecular weight excluding hydrogens is 267 g/mol. The van der Waals surface area contributed by atoms with Crippen LogP contribution >= 0.6 is 0 Å². The van der Waals surface area contributed by atoms with E-state index >= 15 is 0 Å². The van der Waals surface area contributed by atoms with E-state index in [4.69, 9.17) is 10.5 Å². The molecule has 2 rings (SSSR count). The molecule has 0 unspecified atom stereocenters. The van der Waals surface area contributed by atoms with Crippen LogP contribution < -0.4 is 10.5 Å². The molecule has 0 bridgehead atoms. The first-order valence-electron chi connectivity index (χ1n) is 5.74. The van der Waals surface area contributed by atoms with Gasteiger partial charge in [0.25, 0.3) is 0 Å². The zero-order chi connectivity index (χ0) is 14.7. The minimum atomic E-state index is -0.662. The number of rotatable bonds is 4. The van der Waals surface area contributed by atoms with Gasteiger partial charge in [0.2, 0.25) is 11.6 Å². The molecule has 0 amide bonds. The van der Waals surface area contributed by atoms with Crippen molar-refractivity contribution in [3.63, 3.8) is 0 Å². The van der Waals surface area contributed by atoms with Gasteiger partial charge in [0, 0.05) is 12.1 Å². The Morgan fingerprint density at radius 1 is 1.45 bits per heavy atom. The van der Waals surface area contributed by atoms with Crippen LogP contribution in [0.5, 0.6) is 11.6 Å². The summed E-state index contributed by atoms with van der Waals surface area (Å²) in [5.41, 5.74) is 5.82. The van der Waals surface area contributed by atoms with E-state index in [1.54, 1.807) is 0 Å². The summed E-state index contributed by atoms with van der Waals surface area (Å²) in [6, 6.07) is 2.94. The molecule has 104 valence electrons. The summed E-state index contributed by atoms with van der Waals surface area (Å²) >= 11 is 0. The highest BCUT2D eigenvalue weighted by Crippen LogP contribution is 2.33.